The first-order valence-electron chi connectivity index (χ1n) is 8.57. The van der Waals surface area contributed by atoms with Crippen LogP contribution < -0.4 is 16.0 Å². The normalized spacial score (nSPS) is 13.3. The van der Waals surface area contributed by atoms with E-state index in [2.05, 4.69) is 36.1 Å². The molecule has 1 amide bonds. The lowest BCUT2D eigenvalue weighted by Crippen LogP contribution is -2.11. The van der Waals surface area contributed by atoms with Crippen molar-refractivity contribution in [3.63, 3.8) is 0 Å². The Morgan fingerprint density at radius 2 is 2.04 bits per heavy atom. The molecular weight excluding hydrogens is 366 g/mol. The van der Waals surface area contributed by atoms with Gasteiger partial charge in [-0.1, -0.05) is 23.7 Å². The zero-order valence-corrected chi connectivity index (χ0v) is 15.3. The molecule has 1 aliphatic rings. The lowest BCUT2D eigenvalue weighted by atomic mass is 10.3. The van der Waals surface area contributed by atoms with Gasteiger partial charge in [-0.3, -0.25) is 9.89 Å². The average Bonchev–Trinajstić information content (AvgIpc) is 3.38. The van der Waals surface area contributed by atoms with Gasteiger partial charge in [-0.05, 0) is 25.0 Å². The van der Waals surface area contributed by atoms with Crippen molar-refractivity contribution in [2.75, 3.05) is 16.0 Å². The molecule has 0 aliphatic heterocycles. The topological polar surface area (TPSA) is 108 Å². The maximum absolute atomic E-state index is 11.5. The van der Waals surface area contributed by atoms with Crippen molar-refractivity contribution in [1.29, 1.82) is 0 Å². The number of benzene rings is 1. The molecule has 1 fully saturated rings. The number of hydrogen-bond acceptors (Lipinski definition) is 6. The largest absolute Gasteiger partial charge is 0.323 e. The summed E-state index contributed by atoms with van der Waals surface area (Å²) in [5.41, 5.74) is 2.19. The molecule has 0 bridgehead atoms. The Labute approximate surface area is 160 Å². The number of aromatic nitrogens is 4. The van der Waals surface area contributed by atoms with Gasteiger partial charge in [-0.2, -0.15) is 10.1 Å². The fraction of sp³-hybridized carbons (Fsp3) is 0.222. The van der Waals surface area contributed by atoms with Gasteiger partial charge in [0, 0.05) is 18.9 Å². The summed E-state index contributed by atoms with van der Waals surface area (Å²) in [7, 11) is 0. The Morgan fingerprint density at radius 3 is 2.78 bits per heavy atom. The number of anilines is 5. The Kier molecular flexibility index (Phi) is 4.64. The third kappa shape index (κ3) is 4.17. The van der Waals surface area contributed by atoms with E-state index in [0.717, 1.165) is 5.69 Å². The fourth-order valence-electron chi connectivity index (χ4n) is 2.62. The first-order chi connectivity index (χ1) is 13.1. The van der Waals surface area contributed by atoms with Crippen LogP contribution in [0.3, 0.4) is 0 Å². The first kappa shape index (κ1) is 17.3. The highest BCUT2D eigenvalue weighted by atomic mass is 35.5. The molecule has 8 nitrogen and oxygen atoms in total. The minimum Gasteiger partial charge on any atom is -0.323 e. The number of H-pyrrole nitrogens is 1. The molecular formula is C18H18ClN7O. The minimum atomic E-state index is -0.211. The number of nitrogens with zero attached hydrogens (tertiary/aromatic N) is 3. The predicted octanol–water partition coefficient (Wildman–Crippen LogP) is 4.18. The molecule has 27 heavy (non-hydrogen) atoms. The van der Waals surface area contributed by atoms with E-state index < -0.39 is 0 Å². The molecule has 138 valence electrons. The molecule has 0 saturated heterocycles. The third-order valence-electron chi connectivity index (χ3n) is 4.07. The average molecular weight is 384 g/mol. The van der Waals surface area contributed by atoms with E-state index in [4.69, 9.17) is 11.6 Å². The Bertz CT molecular complexity index is 983. The van der Waals surface area contributed by atoms with Crippen LogP contribution in [-0.2, 0) is 4.79 Å². The molecule has 1 aromatic carbocycles. The molecule has 4 rings (SSSR count). The molecule has 3 aromatic rings. The van der Waals surface area contributed by atoms with Gasteiger partial charge in [-0.25, -0.2) is 4.98 Å². The van der Waals surface area contributed by atoms with Gasteiger partial charge in [0.15, 0.2) is 5.82 Å². The van der Waals surface area contributed by atoms with Crippen molar-refractivity contribution in [2.24, 2.45) is 0 Å². The van der Waals surface area contributed by atoms with E-state index in [9.17, 15) is 4.79 Å². The number of para-hydroxylation sites is 1. The SMILES string of the molecule is CC(=O)Nc1cnc(Nc2ccccc2Cl)nc1Nc1cc(C2CC2)n[nH]1. The second-order valence-electron chi connectivity index (χ2n) is 6.35. The second-order valence-corrected chi connectivity index (χ2v) is 6.75. The number of amides is 1. The number of carbonyl (C=O) groups excluding carboxylic acids is 1. The van der Waals surface area contributed by atoms with Crippen molar-refractivity contribution in [2.45, 2.75) is 25.7 Å². The lowest BCUT2D eigenvalue weighted by Gasteiger charge is -2.12. The number of rotatable bonds is 6. The molecule has 1 saturated carbocycles. The zero-order chi connectivity index (χ0) is 18.8. The van der Waals surface area contributed by atoms with Crippen LogP contribution in [0, 0.1) is 0 Å². The van der Waals surface area contributed by atoms with Gasteiger partial charge in [0.25, 0.3) is 0 Å². The van der Waals surface area contributed by atoms with E-state index in [1.165, 1.54) is 26.0 Å². The molecule has 2 heterocycles. The molecule has 9 heteroatoms. The second kappa shape index (κ2) is 7.24. The van der Waals surface area contributed by atoms with Gasteiger partial charge in [0.1, 0.15) is 11.5 Å². The van der Waals surface area contributed by atoms with E-state index in [1.54, 1.807) is 6.07 Å². The summed E-state index contributed by atoms with van der Waals surface area (Å²) in [5.74, 6) is 1.82. The molecule has 2 aromatic heterocycles. The van der Waals surface area contributed by atoms with Crippen molar-refractivity contribution in [3.8, 4) is 0 Å². The van der Waals surface area contributed by atoms with Gasteiger partial charge >= 0.3 is 0 Å². The van der Waals surface area contributed by atoms with Crippen molar-refractivity contribution in [3.05, 3.63) is 47.2 Å². The molecule has 0 radical (unpaired) electrons. The van der Waals surface area contributed by atoms with Crippen LogP contribution in [0.25, 0.3) is 0 Å². The number of halogens is 1. The summed E-state index contributed by atoms with van der Waals surface area (Å²) in [5, 5.41) is 16.8. The van der Waals surface area contributed by atoms with Gasteiger partial charge in [0.05, 0.1) is 22.6 Å². The summed E-state index contributed by atoms with van der Waals surface area (Å²) in [6, 6.07) is 9.27. The predicted molar refractivity (Wildman–Crippen MR) is 105 cm³/mol. The first-order valence-corrected chi connectivity index (χ1v) is 8.95. The van der Waals surface area contributed by atoms with Crippen LogP contribution in [0.2, 0.25) is 5.02 Å². The van der Waals surface area contributed by atoms with Gasteiger partial charge in [0.2, 0.25) is 11.9 Å². The standard InChI is InChI=1S/C18H18ClN7O/c1-10(27)21-15-9-20-18(22-13-5-3-2-4-12(13)19)24-17(15)23-16-8-14(25-26-16)11-6-7-11/h2-5,8-9,11H,6-7H2,1H3,(H,21,27)(H3,20,22,23,24,25,26). The summed E-state index contributed by atoms with van der Waals surface area (Å²) in [4.78, 5) is 20.2. The highest BCUT2D eigenvalue weighted by Gasteiger charge is 2.26. The molecule has 1 aliphatic carbocycles. The Balaban J connectivity index is 1.61. The molecule has 0 atom stereocenters. The third-order valence-corrected chi connectivity index (χ3v) is 4.40. The van der Waals surface area contributed by atoms with E-state index >= 15 is 0 Å². The van der Waals surface area contributed by atoms with Crippen LogP contribution in [0.5, 0.6) is 0 Å². The van der Waals surface area contributed by atoms with Crippen LogP contribution >= 0.6 is 11.6 Å². The number of carbonyl (C=O) groups is 1. The molecule has 0 unspecified atom stereocenters. The fourth-order valence-corrected chi connectivity index (χ4v) is 2.80. The summed E-state index contributed by atoms with van der Waals surface area (Å²) in [6.45, 7) is 1.43. The van der Waals surface area contributed by atoms with Crippen LogP contribution in [-0.4, -0.2) is 26.1 Å². The van der Waals surface area contributed by atoms with E-state index in [1.807, 2.05) is 24.3 Å². The van der Waals surface area contributed by atoms with Gasteiger partial charge < -0.3 is 16.0 Å². The number of hydrogen-bond donors (Lipinski definition) is 4. The van der Waals surface area contributed by atoms with Crippen LogP contribution in [0.15, 0.2) is 36.5 Å². The monoisotopic (exact) mass is 383 g/mol. The Hall–Kier alpha value is -3.13. The number of nitrogens with one attached hydrogen (secondary N) is 4. The maximum atomic E-state index is 11.5. The molecule has 0 spiro atoms. The minimum absolute atomic E-state index is 0.211. The van der Waals surface area contributed by atoms with Crippen LogP contribution in [0.4, 0.5) is 29.0 Å². The maximum Gasteiger partial charge on any atom is 0.229 e. The lowest BCUT2D eigenvalue weighted by molar-refractivity contribution is -0.114. The van der Waals surface area contributed by atoms with Crippen molar-refractivity contribution in [1.82, 2.24) is 20.2 Å². The van der Waals surface area contributed by atoms with Crippen LogP contribution in [0.1, 0.15) is 31.4 Å². The summed E-state index contributed by atoms with van der Waals surface area (Å²) < 4.78 is 0. The summed E-state index contributed by atoms with van der Waals surface area (Å²) in [6.07, 6.45) is 3.87. The highest BCUT2D eigenvalue weighted by Crippen LogP contribution is 2.39. The van der Waals surface area contributed by atoms with E-state index in [0.29, 0.717) is 39.9 Å². The summed E-state index contributed by atoms with van der Waals surface area (Å²) >= 11 is 6.18. The number of aromatic amines is 1. The van der Waals surface area contributed by atoms with E-state index in [-0.39, 0.29) is 5.91 Å². The van der Waals surface area contributed by atoms with Crippen molar-refractivity contribution >= 4 is 46.5 Å². The zero-order valence-electron chi connectivity index (χ0n) is 14.6. The molecule has 4 N–H and O–H groups in total. The van der Waals surface area contributed by atoms with Crippen molar-refractivity contribution < 1.29 is 4.79 Å². The highest BCUT2D eigenvalue weighted by molar-refractivity contribution is 6.33. The quantitative estimate of drug-likeness (QED) is 0.508. The smallest absolute Gasteiger partial charge is 0.229 e. The van der Waals surface area contributed by atoms with Gasteiger partial charge in [-0.15, -0.1) is 0 Å². The Morgan fingerprint density at radius 1 is 1.22 bits per heavy atom.